The van der Waals surface area contributed by atoms with E-state index in [1.165, 1.54) is 18.9 Å². The van der Waals surface area contributed by atoms with Gasteiger partial charge in [-0.25, -0.2) is 4.79 Å². The molecule has 1 saturated heterocycles. The number of esters is 1. The minimum Gasteiger partial charge on any atom is -0.465 e. The highest BCUT2D eigenvalue weighted by atomic mass is 32.2. The Morgan fingerprint density at radius 3 is 2.48 bits per heavy atom. The number of hydrogen-bond acceptors (Lipinski definition) is 7. The molecule has 1 heterocycles. The molecule has 0 radical (unpaired) electrons. The van der Waals surface area contributed by atoms with Crippen LogP contribution in [-0.4, -0.2) is 48.1 Å². The van der Waals surface area contributed by atoms with Crippen LogP contribution in [0.25, 0.3) is 0 Å². The van der Waals surface area contributed by atoms with Crippen LogP contribution in [-0.2, 0) is 25.7 Å². The van der Waals surface area contributed by atoms with E-state index in [1.807, 2.05) is 30.3 Å². The summed E-state index contributed by atoms with van der Waals surface area (Å²) in [5.74, 6) is -0.951. The second kappa shape index (κ2) is 12.0. The molecule has 2 aromatic rings. The van der Waals surface area contributed by atoms with Crippen LogP contribution < -0.4 is 21.3 Å². The molecule has 1 aliphatic rings. The van der Waals surface area contributed by atoms with Crippen molar-refractivity contribution in [2.24, 2.45) is 0 Å². The SMILES string of the molecule is COC(=O)c1ccc(NC(=O)CSC2NC(=O)CC(CC(=O)NCc3ccccc3)N2)cc1. The van der Waals surface area contributed by atoms with Crippen molar-refractivity contribution in [1.82, 2.24) is 16.0 Å². The quantitative estimate of drug-likeness (QED) is 0.410. The summed E-state index contributed by atoms with van der Waals surface area (Å²) in [7, 11) is 1.30. The number of rotatable bonds is 9. The Hall–Kier alpha value is -3.37. The molecule has 2 atom stereocenters. The third kappa shape index (κ3) is 7.92. The number of ether oxygens (including phenoxy) is 1. The third-order valence-electron chi connectivity index (χ3n) is 4.85. The van der Waals surface area contributed by atoms with Gasteiger partial charge in [0.05, 0.1) is 18.4 Å². The molecule has 2 aromatic carbocycles. The topological polar surface area (TPSA) is 126 Å². The van der Waals surface area contributed by atoms with Crippen LogP contribution in [0.5, 0.6) is 0 Å². The molecule has 33 heavy (non-hydrogen) atoms. The highest BCUT2D eigenvalue weighted by Gasteiger charge is 2.28. The van der Waals surface area contributed by atoms with E-state index in [4.69, 9.17) is 0 Å². The van der Waals surface area contributed by atoms with Gasteiger partial charge in [-0.3, -0.25) is 19.7 Å². The second-order valence-electron chi connectivity index (χ2n) is 7.41. The number of methoxy groups -OCH3 is 1. The number of amides is 3. The summed E-state index contributed by atoms with van der Waals surface area (Å²) in [6, 6.07) is 15.6. The molecular weight excluding hydrogens is 444 g/mol. The van der Waals surface area contributed by atoms with Gasteiger partial charge in [-0.15, -0.1) is 11.8 Å². The molecule has 3 amide bonds. The van der Waals surface area contributed by atoms with Crippen molar-refractivity contribution in [3.8, 4) is 0 Å². The smallest absolute Gasteiger partial charge is 0.337 e. The van der Waals surface area contributed by atoms with Crippen molar-refractivity contribution >= 4 is 41.1 Å². The van der Waals surface area contributed by atoms with Gasteiger partial charge in [-0.2, -0.15) is 0 Å². The molecule has 0 aromatic heterocycles. The lowest BCUT2D eigenvalue weighted by Gasteiger charge is -2.30. The summed E-state index contributed by atoms with van der Waals surface area (Å²) in [6.45, 7) is 0.428. The molecule has 0 bridgehead atoms. The zero-order valence-electron chi connectivity index (χ0n) is 18.1. The van der Waals surface area contributed by atoms with Crippen molar-refractivity contribution in [3.05, 3.63) is 65.7 Å². The minimum absolute atomic E-state index is 0.0869. The van der Waals surface area contributed by atoms with Crippen molar-refractivity contribution in [3.63, 3.8) is 0 Å². The van der Waals surface area contributed by atoms with Crippen LogP contribution in [0.1, 0.15) is 28.8 Å². The molecule has 2 unspecified atom stereocenters. The van der Waals surface area contributed by atoms with Crippen LogP contribution in [0.2, 0.25) is 0 Å². The van der Waals surface area contributed by atoms with E-state index in [2.05, 4.69) is 26.0 Å². The molecule has 0 saturated carbocycles. The molecule has 3 rings (SSSR count). The number of carbonyl (C=O) groups is 4. The summed E-state index contributed by atoms with van der Waals surface area (Å²) in [5, 5.41) is 11.6. The molecule has 0 spiro atoms. The monoisotopic (exact) mass is 470 g/mol. The van der Waals surface area contributed by atoms with Gasteiger partial charge in [-0.1, -0.05) is 30.3 Å². The number of thioether (sulfide) groups is 1. The Morgan fingerprint density at radius 2 is 1.79 bits per heavy atom. The van der Waals surface area contributed by atoms with Gasteiger partial charge < -0.3 is 20.7 Å². The van der Waals surface area contributed by atoms with E-state index in [0.717, 1.165) is 5.56 Å². The van der Waals surface area contributed by atoms with Gasteiger partial charge in [0.15, 0.2) is 0 Å². The van der Waals surface area contributed by atoms with Crippen LogP contribution in [0.4, 0.5) is 5.69 Å². The third-order valence-corrected chi connectivity index (χ3v) is 5.86. The highest BCUT2D eigenvalue weighted by Crippen LogP contribution is 2.16. The first-order chi connectivity index (χ1) is 15.9. The summed E-state index contributed by atoms with van der Waals surface area (Å²) in [5.41, 5.74) is 1.45. The molecule has 9 nitrogen and oxygen atoms in total. The largest absolute Gasteiger partial charge is 0.465 e. The van der Waals surface area contributed by atoms with E-state index in [1.54, 1.807) is 24.3 Å². The van der Waals surface area contributed by atoms with Gasteiger partial charge in [0.25, 0.3) is 0 Å². The number of nitrogens with one attached hydrogen (secondary N) is 4. The van der Waals surface area contributed by atoms with Crippen LogP contribution in [0, 0.1) is 0 Å². The van der Waals surface area contributed by atoms with Gasteiger partial charge >= 0.3 is 5.97 Å². The van der Waals surface area contributed by atoms with Crippen molar-refractivity contribution in [2.45, 2.75) is 30.9 Å². The van der Waals surface area contributed by atoms with Gasteiger partial charge in [0, 0.05) is 31.1 Å². The predicted molar refractivity (Wildman–Crippen MR) is 125 cm³/mol. The molecule has 0 aliphatic carbocycles. The lowest BCUT2D eigenvalue weighted by molar-refractivity contribution is -0.125. The van der Waals surface area contributed by atoms with E-state index in [0.29, 0.717) is 17.8 Å². The standard InChI is InChI=1S/C23H26N4O5S/c1-32-22(31)16-7-9-17(10-8-16)25-21(30)14-33-23-26-18(12-20(29)27-23)11-19(28)24-13-15-5-3-2-4-6-15/h2-10,18,23,26H,11-14H2,1H3,(H,24,28)(H,25,30)(H,27,29). The maximum atomic E-state index is 12.3. The van der Waals surface area contributed by atoms with Crippen molar-refractivity contribution in [1.29, 1.82) is 0 Å². The summed E-state index contributed by atoms with van der Waals surface area (Å²) >= 11 is 1.22. The van der Waals surface area contributed by atoms with Crippen molar-refractivity contribution < 1.29 is 23.9 Å². The minimum atomic E-state index is -0.481. The predicted octanol–water partition coefficient (Wildman–Crippen LogP) is 1.61. The van der Waals surface area contributed by atoms with Crippen LogP contribution >= 0.6 is 11.8 Å². The Bertz CT molecular complexity index is 984. The fraction of sp³-hybridized carbons (Fsp3) is 0.304. The number of hydrogen-bond donors (Lipinski definition) is 4. The molecule has 10 heteroatoms. The molecule has 1 aliphatic heterocycles. The lowest BCUT2D eigenvalue weighted by atomic mass is 10.1. The Labute approximate surface area is 196 Å². The Kier molecular flexibility index (Phi) is 8.85. The second-order valence-corrected chi connectivity index (χ2v) is 8.50. The van der Waals surface area contributed by atoms with Crippen LogP contribution in [0.3, 0.4) is 0 Å². The van der Waals surface area contributed by atoms with Gasteiger partial charge in [0.1, 0.15) is 5.50 Å². The molecule has 4 N–H and O–H groups in total. The summed E-state index contributed by atoms with van der Waals surface area (Å²) in [4.78, 5) is 48.1. The van der Waals surface area contributed by atoms with Crippen molar-refractivity contribution in [2.75, 3.05) is 18.2 Å². The molecule has 174 valence electrons. The summed E-state index contributed by atoms with van der Waals surface area (Å²) < 4.78 is 4.64. The maximum absolute atomic E-state index is 12.3. The van der Waals surface area contributed by atoms with Gasteiger partial charge in [0.2, 0.25) is 17.7 Å². The highest BCUT2D eigenvalue weighted by molar-refractivity contribution is 8.00. The maximum Gasteiger partial charge on any atom is 0.337 e. The first-order valence-corrected chi connectivity index (χ1v) is 11.4. The van der Waals surface area contributed by atoms with Crippen LogP contribution in [0.15, 0.2) is 54.6 Å². The van der Waals surface area contributed by atoms with E-state index < -0.39 is 11.5 Å². The normalized spacial score (nSPS) is 17.5. The first-order valence-electron chi connectivity index (χ1n) is 10.4. The lowest BCUT2D eigenvalue weighted by Crippen LogP contribution is -2.56. The number of carbonyl (C=O) groups excluding carboxylic acids is 4. The van der Waals surface area contributed by atoms with E-state index >= 15 is 0 Å². The van der Waals surface area contributed by atoms with E-state index in [-0.39, 0.29) is 42.4 Å². The average Bonchev–Trinajstić information content (AvgIpc) is 2.82. The van der Waals surface area contributed by atoms with E-state index in [9.17, 15) is 19.2 Å². The fourth-order valence-corrected chi connectivity index (χ4v) is 4.11. The molecule has 1 fully saturated rings. The Morgan fingerprint density at radius 1 is 1.06 bits per heavy atom. The number of anilines is 1. The van der Waals surface area contributed by atoms with Gasteiger partial charge in [-0.05, 0) is 29.8 Å². The number of benzene rings is 2. The first kappa shape index (κ1) is 24.3. The Balaban J connectivity index is 1.42. The zero-order chi connectivity index (χ0) is 23.6. The average molecular weight is 471 g/mol. The zero-order valence-corrected chi connectivity index (χ0v) is 18.9. The summed E-state index contributed by atoms with van der Waals surface area (Å²) in [6.07, 6.45) is 0.352. The fourth-order valence-electron chi connectivity index (χ4n) is 3.22. The molecular formula is C23H26N4O5S.